The molecule has 0 saturated heterocycles. The van der Waals surface area contributed by atoms with Crippen LogP contribution in [0.3, 0.4) is 0 Å². The number of fused-ring (bicyclic) bond motifs is 2. The van der Waals surface area contributed by atoms with Crippen LogP contribution in [0.4, 0.5) is 0 Å². The van der Waals surface area contributed by atoms with Gasteiger partial charge >= 0.3 is 0 Å². The largest absolute Gasteiger partial charge is 0.492 e. The van der Waals surface area contributed by atoms with Gasteiger partial charge in [0.15, 0.2) is 0 Å². The summed E-state index contributed by atoms with van der Waals surface area (Å²) in [4.78, 5) is 4.85. The van der Waals surface area contributed by atoms with Crippen LogP contribution in [0.25, 0.3) is 10.9 Å². The lowest BCUT2D eigenvalue weighted by Gasteiger charge is -2.13. The van der Waals surface area contributed by atoms with Gasteiger partial charge in [-0.15, -0.1) is 0 Å². The first-order valence-electron chi connectivity index (χ1n) is 7.04. The summed E-state index contributed by atoms with van der Waals surface area (Å²) >= 11 is 6.61. The maximum atomic E-state index is 6.61. The second kappa shape index (κ2) is 5.38. The van der Waals surface area contributed by atoms with Crippen molar-refractivity contribution in [3.05, 3.63) is 34.5 Å². The number of aryl methyl sites for hydroxylation is 1. The Balaban J connectivity index is 2.24. The van der Waals surface area contributed by atoms with Crippen molar-refractivity contribution in [1.29, 1.82) is 0 Å². The molecule has 2 nitrogen and oxygen atoms in total. The number of halogens is 1. The molecule has 0 radical (unpaired) electrons. The van der Waals surface area contributed by atoms with E-state index < -0.39 is 0 Å². The zero-order chi connectivity index (χ0) is 13.2. The molecule has 1 aromatic carbocycles. The summed E-state index contributed by atoms with van der Waals surface area (Å²) in [6, 6.07) is 6.00. The lowest BCUT2D eigenvalue weighted by molar-refractivity contribution is 0.343. The van der Waals surface area contributed by atoms with E-state index in [0.717, 1.165) is 34.5 Å². The zero-order valence-corrected chi connectivity index (χ0v) is 12.0. The summed E-state index contributed by atoms with van der Waals surface area (Å²) in [5.41, 5.74) is 3.33. The highest BCUT2D eigenvalue weighted by Crippen LogP contribution is 2.35. The minimum absolute atomic E-state index is 0.648. The van der Waals surface area contributed by atoms with Crippen molar-refractivity contribution in [1.82, 2.24) is 4.98 Å². The van der Waals surface area contributed by atoms with E-state index in [4.69, 9.17) is 21.3 Å². The first kappa shape index (κ1) is 12.7. The molecule has 0 fully saturated rings. The van der Waals surface area contributed by atoms with E-state index in [-0.39, 0.29) is 0 Å². The van der Waals surface area contributed by atoms with Crippen LogP contribution in [0, 0.1) is 0 Å². The van der Waals surface area contributed by atoms with Gasteiger partial charge in [0.25, 0.3) is 0 Å². The third-order valence-corrected chi connectivity index (χ3v) is 4.17. The summed E-state index contributed by atoms with van der Waals surface area (Å²) < 4.78 is 5.68. The molecule has 0 spiro atoms. The molecule has 1 aliphatic carbocycles. The summed E-state index contributed by atoms with van der Waals surface area (Å²) in [7, 11) is 0. The monoisotopic (exact) mass is 275 g/mol. The molecule has 3 rings (SSSR count). The fourth-order valence-electron chi connectivity index (χ4n) is 2.81. The molecule has 1 aromatic heterocycles. The highest BCUT2D eigenvalue weighted by molar-refractivity contribution is 6.36. The molecule has 0 saturated carbocycles. The van der Waals surface area contributed by atoms with E-state index in [9.17, 15) is 0 Å². The van der Waals surface area contributed by atoms with Crippen molar-refractivity contribution in [2.24, 2.45) is 0 Å². The molecule has 0 aliphatic heterocycles. The first-order chi connectivity index (χ1) is 9.31. The fourth-order valence-corrected chi connectivity index (χ4v) is 3.17. The van der Waals surface area contributed by atoms with E-state index in [2.05, 4.69) is 0 Å². The second-order valence-electron chi connectivity index (χ2n) is 5.00. The van der Waals surface area contributed by atoms with Gasteiger partial charge in [-0.2, -0.15) is 0 Å². The van der Waals surface area contributed by atoms with Gasteiger partial charge in [-0.1, -0.05) is 30.2 Å². The van der Waals surface area contributed by atoms with E-state index >= 15 is 0 Å². The molecular formula is C16H18ClNO. The third kappa shape index (κ3) is 2.30. The highest BCUT2D eigenvalue weighted by Gasteiger charge is 2.17. The number of hydrogen-bond acceptors (Lipinski definition) is 2. The standard InChI is InChI=1S/C16H18ClNO/c1-2-19-14-10-6-8-12-15(17)11-7-4-3-5-9-13(11)18-16(12)14/h6,8,10H,2-5,7,9H2,1H3. The van der Waals surface area contributed by atoms with Gasteiger partial charge in [0.05, 0.1) is 11.6 Å². The number of nitrogens with zero attached hydrogens (tertiary/aromatic N) is 1. The van der Waals surface area contributed by atoms with Gasteiger partial charge in [-0.3, -0.25) is 0 Å². The Labute approximate surface area is 118 Å². The van der Waals surface area contributed by atoms with Crippen LogP contribution in [0.15, 0.2) is 18.2 Å². The van der Waals surface area contributed by atoms with E-state index in [0.29, 0.717) is 6.61 Å². The number of benzene rings is 1. The molecule has 100 valence electrons. The van der Waals surface area contributed by atoms with Crippen molar-refractivity contribution >= 4 is 22.5 Å². The minimum atomic E-state index is 0.648. The van der Waals surface area contributed by atoms with Crippen LogP contribution >= 0.6 is 11.6 Å². The van der Waals surface area contributed by atoms with Crippen molar-refractivity contribution in [2.75, 3.05) is 6.61 Å². The highest BCUT2D eigenvalue weighted by atomic mass is 35.5. The van der Waals surface area contributed by atoms with Crippen LogP contribution in [0.2, 0.25) is 5.02 Å². The molecule has 0 atom stereocenters. The Morgan fingerprint density at radius 1 is 1.21 bits per heavy atom. The van der Waals surface area contributed by atoms with E-state index in [1.807, 2.05) is 25.1 Å². The third-order valence-electron chi connectivity index (χ3n) is 3.74. The summed E-state index contributed by atoms with van der Waals surface area (Å²) in [6.45, 7) is 2.64. The van der Waals surface area contributed by atoms with Crippen molar-refractivity contribution < 1.29 is 4.74 Å². The summed E-state index contributed by atoms with van der Waals surface area (Å²) in [6.07, 6.45) is 5.77. The number of pyridine rings is 1. The Hall–Kier alpha value is -1.28. The number of hydrogen-bond donors (Lipinski definition) is 0. The zero-order valence-electron chi connectivity index (χ0n) is 11.2. The number of para-hydroxylation sites is 1. The van der Waals surface area contributed by atoms with Crippen molar-refractivity contribution in [2.45, 2.75) is 39.0 Å². The molecule has 2 aromatic rings. The van der Waals surface area contributed by atoms with Crippen LogP contribution < -0.4 is 4.74 Å². The molecule has 1 heterocycles. The molecular weight excluding hydrogens is 258 g/mol. The Kier molecular flexibility index (Phi) is 3.61. The predicted octanol–water partition coefficient (Wildman–Crippen LogP) is 4.56. The SMILES string of the molecule is CCOc1cccc2c(Cl)c3c(nc12)CCCCC3. The average molecular weight is 276 g/mol. The molecule has 0 unspecified atom stereocenters. The second-order valence-corrected chi connectivity index (χ2v) is 5.37. The smallest absolute Gasteiger partial charge is 0.145 e. The van der Waals surface area contributed by atoms with Gasteiger partial charge < -0.3 is 4.74 Å². The predicted molar refractivity (Wildman–Crippen MR) is 79.2 cm³/mol. The fraction of sp³-hybridized carbons (Fsp3) is 0.438. The quantitative estimate of drug-likeness (QED) is 0.750. The molecule has 3 heteroatoms. The first-order valence-corrected chi connectivity index (χ1v) is 7.42. The lowest BCUT2D eigenvalue weighted by atomic mass is 10.0. The molecule has 0 N–H and O–H groups in total. The van der Waals surface area contributed by atoms with Crippen LogP contribution in [0.1, 0.15) is 37.4 Å². The van der Waals surface area contributed by atoms with Gasteiger partial charge in [0.1, 0.15) is 11.3 Å². The van der Waals surface area contributed by atoms with Crippen LogP contribution in [-0.2, 0) is 12.8 Å². The number of rotatable bonds is 2. The van der Waals surface area contributed by atoms with Gasteiger partial charge in [0, 0.05) is 11.1 Å². The maximum absolute atomic E-state index is 6.61. The maximum Gasteiger partial charge on any atom is 0.145 e. The summed E-state index contributed by atoms with van der Waals surface area (Å²) in [5, 5.41) is 1.90. The Bertz CT molecular complexity index is 609. The number of ether oxygens (including phenoxy) is 1. The average Bonchev–Trinajstić information content (AvgIpc) is 2.66. The number of aromatic nitrogens is 1. The van der Waals surface area contributed by atoms with E-state index in [1.54, 1.807) is 0 Å². The molecule has 19 heavy (non-hydrogen) atoms. The van der Waals surface area contributed by atoms with Gasteiger partial charge in [0.2, 0.25) is 0 Å². The normalized spacial score (nSPS) is 15.1. The lowest BCUT2D eigenvalue weighted by Crippen LogP contribution is -2.00. The van der Waals surface area contributed by atoms with Crippen LogP contribution in [-0.4, -0.2) is 11.6 Å². The van der Waals surface area contributed by atoms with Crippen LogP contribution in [0.5, 0.6) is 5.75 Å². The Morgan fingerprint density at radius 2 is 2.05 bits per heavy atom. The van der Waals surface area contributed by atoms with Gasteiger partial charge in [-0.25, -0.2) is 4.98 Å². The molecule has 1 aliphatic rings. The topological polar surface area (TPSA) is 22.1 Å². The summed E-state index contributed by atoms with van der Waals surface area (Å²) in [5.74, 6) is 0.842. The Morgan fingerprint density at radius 3 is 2.89 bits per heavy atom. The van der Waals surface area contributed by atoms with E-state index in [1.165, 1.54) is 30.5 Å². The van der Waals surface area contributed by atoms with Crippen molar-refractivity contribution in [3.8, 4) is 5.75 Å². The van der Waals surface area contributed by atoms with Gasteiger partial charge in [-0.05, 0) is 44.2 Å². The molecule has 0 bridgehead atoms. The van der Waals surface area contributed by atoms with Crippen molar-refractivity contribution in [3.63, 3.8) is 0 Å². The molecule has 0 amide bonds. The minimum Gasteiger partial charge on any atom is -0.492 e.